The van der Waals surface area contributed by atoms with Gasteiger partial charge in [-0.2, -0.15) is 0 Å². The van der Waals surface area contributed by atoms with E-state index in [9.17, 15) is 15.0 Å². The topological polar surface area (TPSA) is 57.5 Å². The largest absolute Gasteiger partial charge is 0.393 e. The lowest BCUT2D eigenvalue weighted by Gasteiger charge is -2.57. The van der Waals surface area contributed by atoms with Gasteiger partial charge in [-0.15, -0.1) is 0 Å². The number of aliphatic hydroxyl groups is 2. The number of allylic oxidation sites excluding steroid dienone is 1. The fourth-order valence-corrected chi connectivity index (χ4v) is 6.61. The van der Waals surface area contributed by atoms with Gasteiger partial charge in [0.15, 0.2) is 5.78 Å². The summed E-state index contributed by atoms with van der Waals surface area (Å²) in [7, 11) is 0. The minimum absolute atomic E-state index is 0.111. The molecule has 0 heterocycles. The van der Waals surface area contributed by atoms with Crippen molar-refractivity contribution in [2.24, 2.45) is 35.0 Å². The Balaban J connectivity index is 1.73. The standard InChI is InChI=1S/C19H28O3/c1-10-7-11-8-12(20)3-4-13(11)18-15(21)9-19(2)14(17(10)18)5-6-16(19)22/h8,10,13-18,21-22H,3-7,9H2,1-2H3/t10?,13-,14?,15?,16-,17?,18?,19-/m0/s1. The van der Waals surface area contributed by atoms with E-state index < -0.39 is 0 Å². The summed E-state index contributed by atoms with van der Waals surface area (Å²) in [5, 5.41) is 21.4. The Morgan fingerprint density at radius 1 is 1.18 bits per heavy atom. The van der Waals surface area contributed by atoms with E-state index in [4.69, 9.17) is 0 Å². The minimum atomic E-state index is -0.330. The van der Waals surface area contributed by atoms with Gasteiger partial charge in [-0.1, -0.05) is 19.4 Å². The predicted octanol–water partition coefficient (Wildman–Crippen LogP) is 2.71. The molecular weight excluding hydrogens is 276 g/mol. The minimum Gasteiger partial charge on any atom is -0.393 e. The molecule has 0 amide bonds. The number of aliphatic hydroxyl groups excluding tert-OH is 2. The van der Waals surface area contributed by atoms with Gasteiger partial charge in [-0.05, 0) is 73.2 Å². The van der Waals surface area contributed by atoms with Gasteiger partial charge in [0.2, 0.25) is 0 Å². The van der Waals surface area contributed by atoms with E-state index in [-0.39, 0.29) is 23.4 Å². The van der Waals surface area contributed by atoms with Crippen molar-refractivity contribution in [2.45, 2.75) is 64.6 Å². The Bertz CT molecular complexity index is 525. The van der Waals surface area contributed by atoms with Gasteiger partial charge in [-0.3, -0.25) is 4.79 Å². The molecule has 22 heavy (non-hydrogen) atoms. The summed E-state index contributed by atoms with van der Waals surface area (Å²) in [6.07, 6.45) is 6.57. The maximum absolute atomic E-state index is 11.8. The van der Waals surface area contributed by atoms with Crippen molar-refractivity contribution < 1.29 is 15.0 Å². The van der Waals surface area contributed by atoms with Crippen LogP contribution in [0.4, 0.5) is 0 Å². The number of fused-ring (bicyclic) bond motifs is 5. The third kappa shape index (κ3) is 1.91. The monoisotopic (exact) mass is 304 g/mol. The molecule has 0 bridgehead atoms. The van der Waals surface area contributed by atoms with Crippen LogP contribution in [0.2, 0.25) is 0 Å². The lowest BCUT2D eigenvalue weighted by atomic mass is 9.49. The molecule has 3 nitrogen and oxygen atoms in total. The van der Waals surface area contributed by atoms with E-state index >= 15 is 0 Å². The Morgan fingerprint density at radius 2 is 1.95 bits per heavy atom. The lowest BCUT2D eigenvalue weighted by Crippen LogP contribution is -2.56. The van der Waals surface area contributed by atoms with E-state index in [0.717, 1.165) is 32.1 Å². The van der Waals surface area contributed by atoms with Crippen molar-refractivity contribution in [1.29, 1.82) is 0 Å². The number of hydrogen-bond donors (Lipinski definition) is 2. The predicted molar refractivity (Wildman–Crippen MR) is 84.0 cm³/mol. The zero-order chi connectivity index (χ0) is 15.6. The Morgan fingerprint density at radius 3 is 2.73 bits per heavy atom. The van der Waals surface area contributed by atoms with Crippen LogP contribution in [-0.2, 0) is 4.79 Å². The molecule has 0 saturated heterocycles. The summed E-state index contributed by atoms with van der Waals surface area (Å²) in [4.78, 5) is 11.8. The van der Waals surface area contributed by atoms with Gasteiger partial charge in [0.1, 0.15) is 0 Å². The van der Waals surface area contributed by atoms with Gasteiger partial charge in [0, 0.05) is 6.42 Å². The van der Waals surface area contributed by atoms with Crippen LogP contribution in [0.5, 0.6) is 0 Å². The number of rotatable bonds is 0. The van der Waals surface area contributed by atoms with Gasteiger partial charge >= 0.3 is 0 Å². The summed E-state index contributed by atoms with van der Waals surface area (Å²) in [5.74, 6) is 2.50. The zero-order valence-electron chi connectivity index (χ0n) is 13.7. The first-order valence-electron chi connectivity index (χ1n) is 9.01. The van der Waals surface area contributed by atoms with Gasteiger partial charge in [0.25, 0.3) is 0 Å². The highest BCUT2D eigenvalue weighted by molar-refractivity contribution is 5.91. The van der Waals surface area contributed by atoms with Crippen molar-refractivity contribution >= 4 is 5.78 Å². The fourth-order valence-electron chi connectivity index (χ4n) is 6.61. The van der Waals surface area contributed by atoms with Crippen LogP contribution in [-0.4, -0.2) is 28.2 Å². The maximum Gasteiger partial charge on any atom is 0.155 e. The first kappa shape index (κ1) is 14.9. The molecule has 0 spiro atoms. The smallest absolute Gasteiger partial charge is 0.155 e. The van der Waals surface area contributed by atoms with Crippen LogP contribution in [0.25, 0.3) is 0 Å². The molecule has 3 heteroatoms. The molecule has 3 fully saturated rings. The molecule has 0 aromatic heterocycles. The molecule has 5 unspecified atom stereocenters. The summed E-state index contributed by atoms with van der Waals surface area (Å²) < 4.78 is 0. The maximum atomic E-state index is 11.8. The van der Waals surface area contributed by atoms with Gasteiger partial charge < -0.3 is 10.2 Å². The molecule has 0 aliphatic heterocycles. The van der Waals surface area contributed by atoms with Crippen LogP contribution in [0, 0.1) is 35.0 Å². The van der Waals surface area contributed by atoms with Crippen molar-refractivity contribution in [3.8, 4) is 0 Å². The highest BCUT2D eigenvalue weighted by atomic mass is 16.3. The van der Waals surface area contributed by atoms with Crippen molar-refractivity contribution in [2.75, 3.05) is 0 Å². The number of hydrogen-bond acceptors (Lipinski definition) is 3. The molecule has 0 aromatic rings. The lowest BCUT2D eigenvalue weighted by molar-refractivity contribution is -0.135. The molecule has 0 radical (unpaired) electrons. The zero-order valence-corrected chi connectivity index (χ0v) is 13.7. The highest BCUT2D eigenvalue weighted by Gasteiger charge is 2.60. The van der Waals surface area contributed by atoms with Crippen LogP contribution in [0.15, 0.2) is 11.6 Å². The summed E-state index contributed by atoms with van der Waals surface area (Å²) in [5.41, 5.74) is 1.19. The van der Waals surface area contributed by atoms with Crippen LogP contribution in [0.3, 0.4) is 0 Å². The van der Waals surface area contributed by atoms with Crippen LogP contribution < -0.4 is 0 Å². The number of ketones is 1. The number of carbonyl (C=O) groups is 1. The van der Waals surface area contributed by atoms with Crippen molar-refractivity contribution in [3.05, 3.63) is 11.6 Å². The average molecular weight is 304 g/mol. The quantitative estimate of drug-likeness (QED) is 0.723. The SMILES string of the molecule is CC1CC2=CC(=O)CC[C@@H]2C2C(O)C[C@@]3(C)C(CC[C@@H]3O)C12. The Hall–Kier alpha value is -0.670. The summed E-state index contributed by atoms with van der Waals surface area (Å²) >= 11 is 0. The Kier molecular flexibility index (Phi) is 3.32. The van der Waals surface area contributed by atoms with Crippen molar-refractivity contribution in [3.63, 3.8) is 0 Å². The molecule has 3 saturated carbocycles. The van der Waals surface area contributed by atoms with E-state index in [1.165, 1.54) is 5.57 Å². The molecule has 122 valence electrons. The van der Waals surface area contributed by atoms with Crippen LogP contribution in [0.1, 0.15) is 52.4 Å². The molecule has 4 rings (SSSR count). The van der Waals surface area contributed by atoms with Gasteiger partial charge in [0.05, 0.1) is 12.2 Å². The molecule has 4 aliphatic rings. The first-order valence-corrected chi connectivity index (χ1v) is 9.01. The highest BCUT2D eigenvalue weighted by Crippen LogP contribution is 2.63. The molecule has 4 aliphatic carbocycles. The molecule has 8 atom stereocenters. The van der Waals surface area contributed by atoms with E-state index in [2.05, 4.69) is 13.8 Å². The Labute approximate surface area is 132 Å². The van der Waals surface area contributed by atoms with Crippen LogP contribution >= 0.6 is 0 Å². The van der Waals surface area contributed by atoms with E-state index in [1.807, 2.05) is 6.08 Å². The second-order valence-electron chi connectivity index (χ2n) is 8.64. The second kappa shape index (κ2) is 4.91. The first-order chi connectivity index (χ1) is 10.4. The van der Waals surface area contributed by atoms with Crippen molar-refractivity contribution in [1.82, 2.24) is 0 Å². The van der Waals surface area contributed by atoms with Gasteiger partial charge in [-0.25, -0.2) is 0 Å². The average Bonchev–Trinajstić information content (AvgIpc) is 2.74. The molecule has 2 N–H and O–H groups in total. The summed E-state index contributed by atoms with van der Waals surface area (Å²) in [6.45, 7) is 4.48. The van der Waals surface area contributed by atoms with E-state index in [1.54, 1.807) is 0 Å². The normalized spacial score (nSPS) is 54.3. The second-order valence-corrected chi connectivity index (χ2v) is 8.64. The third-order valence-electron chi connectivity index (χ3n) is 7.57. The van der Waals surface area contributed by atoms with E-state index in [0.29, 0.717) is 36.0 Å². The third-order valence-corrected chi connectivity index (χ3v) is 7.57. The summed E-state index contributed by atoms with van der Waals surface area (Å²) in [6, 6.07) is 0. The fraction of sp³-hybridized carbons (Fsp3) is 0.842. The molecule has 0 aromatic carbocycles. The molecular formula is C19H28O3. The number of carbonyl (C=O) groups excluding carboxylic acids is 1.